The number of aromatic nitrogens is 1. The standard InChI is InChI=1S/C18H21N3O2/c1-14-7-8-17(19-11-14)23-16-9-10-21(13-16)18(22)20-12-15-5-3-2-4-6-15/h2-8,11,16H,9-10,12-13H2,1H3,(H,20,22). The minimum atomic E-state index is -0.0446. The van der Waals surface area contributed by atoms with Crippen LogP contribution in [0.2, 0.25) is 0 Å². The van der Waals surface area contributed by atoms with Gasteiger partial charge in [0, 0.05) is 31.8 Å². The maximum Gasteiger partial charge on any atom is 0.317 e. The van der Waals surface area contributed by atoms with Crippen molar-refractivity contribution >= 4 is 6.03 Å². The van der Waals surface area contributed by atoms with E-state index in [1.807, 2.05) is 49.4 Å². The van der Waals surface area contributed by atoms with Crippen LogP contribution in [0.4, 0.5) is 4.79 Å². The number of ether oxygens (including phenoxy) is 1. The Morgan fingerprint density at radius 1 is 1.30 bits per heavy atom. The fraction of sp³-hybridized carbons (Fsp3) is 0.333. The number of nitrogens with zero attached hydrogens (tertiary/aromatic N) is 2. The average molecular weight is 311 g/mol. The Balaban J connectivity index is 1.47. The van der Waals surface area contributed by atoms with Gasteiger partial charge in [0.2, 0.25) is 5.88 Å². The summed E-state index contributed by atoms with van der Waals surface area (Å²) in [6.07, 6.45) is 2.62. The molecule has 1 aromatic carbocycles. The van der Waals surface area contributed by atoms with Crippen LogP contribution >= 0.6 is 0 Å². The third kappa shape index (κ3) is 4.22. The van der Waals surface area contributed by atoms with Gasteiger partial charge in [-0.2, -0.15) is 0 Å². The molecule has 5 nitrogen and oxygen atoms in total. The van der Waals surface area contributed by atoms with Gasteiger partial charge < -0.3 is 15.0 Å². The molecular weight excluding hydrogens is 290 g/mol. The summed E-state index contributed by atoms with van der Waals surface area (Å²) in [6.45, 7) is 3.83. The van der Waals surface area contributed by atoms with Crippen molar-refractivity contribution in [2.24, 2.45) is 0 Å². The first-order chi connectivity index (χ1) is 11.2. The first-order valence-electron chi connectivity index (χ1n) is 7.87. The van der Waals surface area contributed by atoms with Crippen LogP contribution in [0, 0.1) is 6.92 Å². The van der Waals surface area contributed by atoms with Gasteiger partial charge in [0.1, 0.15) is 6.10 Å². The van der Waals surface area contributed by atoms with Crippen LogP contribution in [0.25, 0.3) is 0 Å². The number of amides is 2. The second-order valence-electron chi connectivity index (χ2n) is 5.79. The number of benzene rings is 1. The van der Waals surface area contributed by atoms with Gasteiger partial charge in [0.05, 0.1) is 6.54 Å². The summed E-state index contributed by atoms with van der Waals surface area (Å²) in [4.78, 5) is 18.2. The molecule has 0 aliphatic carbocycles. The summed E-state index contributed by atoms with van der Waals surface area (Å²) < 4.78 is 5.84. The molecule has 0 radical (unpaired) electrons. The Kier molecular flexibility index (Phi) is 4.76. The van der Waals surface area contributed by atoms with Gasteiger partial charge in [0.25, 0.3) is 0 Å². The molecule has 3 rings (SSSR count). The maximum absolute atomic E-state index is 12.2. The lowest BCUT2D eigenvalue weighted by Gasteiger charge is -2.17. The average Bonchev–Trinajstić information content (AvgIpc) is 3.04. The van der Waals surface area contributed by atoms with Crippen LogP contribution in [0.15, 0.2) is 48.7 Å². The molecule has 23 heavy (non-hydrogen) atoms. The lowest BCUT2D eigenvalue weighted by Crippen LogP contribution is -2.39. The van der Waals surface area contributed by atoms with Gasteiger partial charge in [-0.1, -0.05) is 36.4 Å². The molecule has 1 saturated heterocycles. The molecule has 1 atom stereocenters. The van der Waals surface area contributed by atoms with Gasteiger partial charge in [-0.3, -0.25) is 0 Å². The Hall–Kier alpha value is -2.56. The quantitative estimate of drug-likeness (QED) is 0.944. The molecule has 2 aromatic rings. The molecule has 1 unspecified atom stereocenters. The third-order valence-electron chi connectivity index (χ3n) is 3.89. The number of hydrogen-bond donors (Lipinski definition) is 1. The van der Waals surface area contributed by atoms with E-state index in [1.165, 1.54) is 0 Å². The smallest absolute Gasteiger partial charge is 0.317 e. The largest absolute Gasteiger partial charge is 0.472 e. The zero-order valence-corrected chi connectivity index (χ0v) is 13.2. The number of rotatable bonds is 4. The lowest BCUT2D eigenvalue weighted by molar-refractivity contribution is 0.183. The van der Waals surface area contributed by atoms with E-state index in [0.29, 0.717) is 25.5 Å². The fourth-order valence-electron chi connectivity index (χ4n) is 2.59. The number of hydrogen-bond acceptors (Lipinski definition) is 3. The summed E-state index contributed by atoms with van der Waals surface area (Å²) in [5, 5.41) is 2.95. The van der Waals surface area contributed by atoms with Crippen molar-refractivity contribution in [1.82, 2.24) is 15.2 Å². The zero-order chi connectivity index (χ0) is 16.1. The van der Waals surface area contributed by atoms with Crippen molar-refractivity contribution in [3.8, 4) is 5.88 Å². The third-order valence-corrected chi connectivity index (χ3v) is 3.89. The lowest BCUT2D eigenvalue weighted by atomic mass is 10.2. The summed E-state index contributed by atoms with van der Waals surface area (Å²) >= 11 is 0. The number of aryl methyl sites for hydroxylation is 1. The number of carbonyl (C=O) groups is 1. The van der Waals surface area contributed by atoms with E-state index >= 15 is 0 Å². The van der Waals surface area contributed by atoms with Crippen LogP contribution in [-0.2, 0) is 6.54 Å². The van der Waals surface area contributed by atoms with Crippen molar-refractivity contribution in [1.29, 1.82) is 0 Å². The van der Waals surface area contributed by atoms with Gasteiger partial charge in [0.15, 0.2) is 0 Å². The van der Waals surface area contributed by atoms with Crippen molar-refractivity contribution in [2.75, 3.05) is 13.1 Å². The highest BCUT2D eigenvalue weighted by Gasteiger charge is 2.27. The second kappa shape index (κ2) is 7.13. The topological polar surface area (TPSA) is 54.5 Å². The minimum Gasteiger partial charge on any atom is -0.472 e. The summed E-state index contributed by atoms with van der Waals surface area (Å²) in [6, 6.07) is 13.7. The van der Waals surface area contributed by atoms with Crippen LogP contribution in [-0.4, -0.2) is 35.1 Å². The van der Waals surface area contributed by atoms with E-state index in [9.17, 15) is 4.79 Å². The highest BCUT2D eigenvalue weighted by molar-refractivity contribution is 5.74. The highest BCUT2D eigenvalue weighted by Crippen LogP contribution is 2.16. The Morgan fingerprint density at radius 3 is 2.87 bits per heavy atom. The molecule has 0 spiro atoms. The van der Waals surface area contributed by atoms with E-state index in [0.717, 1.165) is 17.5 Å². The molecule has 1 N–H and O–H groups in total. The van der Waals surface area contributed by atoms with Crippen LogP contribution in [0.1, 0.15) is 17.5 Å². The number of nitrogens with one attached hydrogen (secondary N) is 1. The van der Waals surface area contributed by atoms with Crippen molar-refractivity contribution < 1.29 is 9.53 Å². The number of carbonyl (C=O) groups excluding carboxylic acids is 1. The SMILES string of the molecule is Cc1ccc(OC2CCN(C(=O)NCc3ccccc3)C2)nc1. The Bertz CT molecular complexity index is 643. The predicted octanol–water partition coefficient (Wildman–Crippen LogP) is 2.75. The van der Waals surface area contributed by atoms with Gasteiger partial charge in [-0.15, -0.1) is 0 Å². The molecule has 5 heteroatoms. The molecule has 1 aliphatic rings. The first-order valence-corrected chi connectivity index (χ1v) is 7.87. The van der Waals surface area contributed by atoms with Gasteiger partial charge in [-0.05, 0) is 18.1 Å². The fourth-order valence-corrected chi connectivity index (χ4v) is 2.59. The molecule has 0 bridgehead atoms. The highest BCUT2D eigenvalue weighted by atomic mass is 16.5. The Labute approximate surface area is 136 Å². The number of likely N-dealkylation sites (tertiary alicyclic amines) is 1. The van der Waals surface area contributed by atoms with E-state index in [1.54, 1.807) is 11.1 Å². The van der Waals surface area contributed by atoms with E-state index in [4.69, 9.17) is 4.74 Å². The molecular formula is C18H21N3O2. The van der Waals surface area contributed by atoms with Crippen LogP contribution < -0.4 is 10.1 Å². The molecule has 120 valence electrons. The van der Waals surface area contributed by atoms with E-state index in [-0.39, 0.29) is 12.1 Å². The van der Waals surface area contributed by atoms with E-state index < -0.39 is 0 Å². The summed E-state index contributed by atoms with van der Waals surface area (Å²) in [5.41, 5.74) is 2.20. The summed E-state index contributed by atoms with van der Waals surface area (Å²) in [7, 11) is 0. The number of pyridine rings is 1. The summed E-state index contributed by atoms with van der Waals surface area (Å²) in [5.74, 6) is 0.618. The molecule has 1 aromatic heterocycles. The zero-order valence-electron chi connectivity index (χ0n) is 13.2. The second-order valence-corrected chi connectivity index (χ2v) is 5.79. The molecule has 2 amide bonds. The predicted molar refractivity (Wildman–Crippen MR) is 88.3 cm³/mol. The molecule has 2 heterocycles. The number of urea groups is 1. The molecule has 0 saturated carbocycles. The Morgan fingerprint density at radius 2 is 2.13 bits per heavy atom. The van der Waals surface area contributed by atoms with Gasteiger partial charge >= 0.3 is 6.03 Å². The maximum atomic E-state index is 12.2. The minimum absolute atomic E-state index is 0.00711. The van der Waals surface area contributed by atoms with Crippen molar-refractivity contribution in [3.05, 3.63) is 59.8 Å². The normalized spacial score (nSPS) is 17.1. The van der Waals surface area contributed by atoms with E-state index in [2.05, 4.69) is 10.3 Å². The first kappa shape index (κ1) is 15.3. The van der Waals surface area contributed by atoms with Crippen molar-refractivity contribution in [3.63, 3.8) is 0 Å². The van der Waals surface area contributed by atoms with Gasteiger partial charge in [-0.25, -0.2) is 9.78 Å². The molecule has 1 aliphatic heterocycles. The van der Waals surface area contributed by atoms with Crippen LogP contribution in [0.5, 0.6) is 5.88 Å². The monoisotopic (exact) mass is 311 g/mol. The van der Waals surface area contributed by atoms with Crippen LogP contribution in [0.3, 0.4) is 0 Å². The molecule has 1 fully saturated rings. The van der Waals surface area contributed by atoms with Crippen molar-refractivity contribution in [2.45, 2.75) is 26.0 Å².